The summed E-state index contributed by atoms with van der Waals surface area (Å²) in [5.74, 6) is 2.64. The maximum Gasteiger partial charge on any atom is 0.0920 e. The fraction of sp³-hybridized carbons (Fsp3) is 0.800. The van der Waals surface area contributed by atoms with Gasteiger partial charge in [-0.2, -0.15) is 0 Å². The number of fused-ring (bicyclic) bond motifs is 2. The second-order valence-electron chi connectivity index (χ2n) is 8.19. The molecule has 7 unspecified atom stereocenters. The van der Waals surface area contributed by atoms with Gasteiger partial charge < -0.3 is 14.2 Å². The zero-order valence-corrected chi connectivity index (χ0v) is 14.3. The van der Waals surface area contributed by atoms with Gasteiger partial charge in [0.1, 0.15) is 0 Å². The van der Waals surface area contributed by atoms with Crippen molar-refractivity contribution in [1.29, 1.82) is 0 Å². The van der Waals surface area contributed by atoms with Gasteiger partial charge in [-0.1, -0.05) is 25.7 Å². The van der Waals surface area contributed by atoms with E-state index >= 15 is 0 Å². The molecule has 2 aliphatic carbocycles. The third-order valence-electron chi connectivity index (χ3n) is 6.20. The SMILES string of the molecule is C=C(CC(C)COC(=C)C1CCC2OC2C1)C1CCC2OC2C1. The van der Waals surface area contributed by atoms with E-state index in [1.165, 1.54) is 37.7 Å². The number of ether oxygens (including phenoxy) is 3. The molecule has 7 atom stereocenters. The Balaban J connectivity index is 1.16. The van der Waals surface area contributed by atoms with Gasteiger partial charge in [-0.3, -0.25) is 0 Å². The Hall–Kier alpha value is -0.800. The van der Waals surface area contributed by atoms with Gasteiger partial charge >= 0.3 is 0 Å². The fourth-order valence-electron chi connectivity index (χ4n) is 4.51. The van der Waals surface area contributed by atoms with Crippen molar-refractivity contribution in [3.05, 3.63) is 24.5 Å². The second kappa shape index (κ2) is 6.25. The Morgan fingerprint density at radius 3 is 2.22 bits per heavy atom. The molecule has 0 aromatic carbocycles. The lowest BCUT2D eigenvalue weighted by molar-refractivity contribution is 0.135. The lowest BCUT2D eigenvalue weighted by atomic mass is 9.81. The first kappa shape index (κ1) is 15.7. The summed E-state index contributed by atoms with van der Waals surface area (Å²) in [4.78, 5) is 0. The van der Waals surface area contributed by atoms with Gasteiger partial charge in [0.2, 0.25) is 0 Å². The topological polar surface area (TPSA) is 34.3 Å². The Morgan fingerprint density at radius 1 is 0.957 bits per heavy atom. The van der Waals surface area contributed by atoms with E-state index < -0.39 is 0 Å². The van der Waals surface area contributed by atoms with Crippen LogP contribution in [-0.4, -0.2) is 31.0 Å². The summed E-state index contributed by atoms with van der Waals surface area (Å²) in [5.41, 5.74) is 1.40. The first-order chi connectivity index (χ1) is 11.1. The summed E-state index contributed by atoms with van der Waals surface area (Å²) >= 11 is 0. The molecule has 3 heteroatoms. The van der Waals surface area contributed by atoms with Crippen molar-refractivity contribution in [2.24, 2.45) is 17.8 Å². The number of epoxide rings is 2. The van der Waals surface area contributed by atoms with Crippen molar-refractivity contribution in [2.45, 2.75) is 76.3 Å². The van der Waals surface area contributed by atoms with Gasteiger partial charge in [-0.15, -0.1) is 0 Å². The molecular formula is C20H30O3. The van der Waals surface area contributed by atoms with E-state index in [0.29, 0.717) is 42.2 Å². The van der Waals surface area contributed by atoms with E-state index in [1.807, 2.05) is 0 Å². The molecule has 4 fully saturated rings. The summed E-state index contributed by atoms with van der Waals surface area (Å²) in [6, 6.07) is 0. The minimum Gasteiger partial charge on any atom is -0.498 e. The van der Waals surface area contributed by atoms with Gasteiger partial charge in [0.25, 0.3) is 0 Å². The molecule has 2 aliphatic heterocycles. The largest absolute Gasteiger partial charge is 0.498 e. The highest BCUT2D eigenvalue weighted by Gasteiger charge is 2.45. The summed E-state index contributed by atoms with van der Waals surface area (Å²) in [7, 11) is 0. The van der Waals surface area contributed by atoms with Crippen LogP contribution in [0.25, 0.3) is 0 Å². The Kier molecular flexibility index (Phi) is 4.27. The minimum atomic E-state index is 0.492. The van der Waals surface area contributed by atoms with Gasteiger partial charge in [-0.25, -0.2) is 0 Å². The average molecular weight is 318 g/mol. The smallest absolute Gasteiger partial charge is 0.0920 e. The van der Waals surface area contributed by atoms with Crippen LogP contribution in [0, 0.1) is 17.8 Å². The molecule has 4 rings (SSSR count). The lowest BCUT2D eigenvalue weighted by Gasteiger charge is -2.25. The quantitative estimate of drug-likeness (QED) is 0.400. The summed E-state index contributed by atoms with van der Waals surface area (Å²) < 4.78 is 17.2. The molecule has 23 heavy (non-hydrogen) atoms. The molecule has 0 radical (unpaired) electrons. The molecule has 0 N–H and O–H groups in total. The molecule has 0 aromatic heterocycles. The van der Waals surface area contributed by atoms with Gasteiger partial charge in [0.05, 0.1) is 36.8 Å². The van der Waals surface area contributed by atoms with Crippen LogP contribution in [0.3, 0.4) is 0 Å². The number of hydrogen-bond acceptors (Lipinski definition) is 3. The molecule has 2 saturated heterocycles. The van der Waals surface area contributed by atoms with E-state index in [0.717, 1.165) is 25.2 Å². The molecule has 0 aromatic rings. The number of allylic oxidation sites excluding steroid dienone is 2. The minimum absolute atomic E-state index is 0.492. The molecule has 3 nitrogen and oxygen atoms in total. The summed E-state index contributed by atoms with van der Waals surface area (Å²) in [6.07, 6.45) is 10.3. The van der Waals surface area contributed by atoms with Crippen molar-refractivity contribution in [1.82, 2.24) is 0 Å². The normalized spacial score (nSPS) is 42.1. The lowest BCUT2D eigenvalue weighted by Crippen LogP contribution is -2.19. The molecule has 0 bridgehead atoms. The van der Waals surface area contributed by atoms with Gasteiger partial charge in [0, 0.05) is 5.92 Å². The summed E-state index contributed by atoms with van der Waals surface area (Å²) in [6.45, 7) is 11.5. The highest BCUT2D eigenvalue weighted by molar-refractivity contribution is 5.08. The Morgan fingerprint density at radius 2 is 1.57 bits per heavy atom. The molecule has 2 saturated carbocycles. The van der Waals surface area contributed by atoms with Gasteiger partial charge in [0.15, 0.2) is 0 Å². The third kappa shape index (κ3) is 3.66. The van der Waals surface area contributed by atoms with Crippen LogP contribution < -0.4 is 0 Å². The fourth-order valence-corrected chi connectivity index (χ4v) is 4.51. The van der Waals surface area contributed by atoms with Crippen LogP contribution in [-0.2, 0) is 14.2 Å². The highest BCUT2D eigenvalue weighted by Crippen LogP contribution is 2.43. The van der Waals surface area contributed by atoms with Crippen LogP contribution in [0.5, 0.6) is 0 Å². The van der Waals surface area contributed by atoms with Crippen molar-refractivity contribution < 1.29 is 14.2 Å². The molecule has 128 valence electrons. The number of hydrogen-bond donors (Lipinski definition) is 0. The first-order valence-electron chi connectivity index (χ1n) is 9.40. The Labute approximate surface area is 140 Å². The Bertz CT molecular complexity index is 485. The second-order valence-corrected chi connectivity index (χ2v) is 8.19. The van der Waals surface area contributed by atoms with Crippen LogP contribution >= 0.6 is 0 Å². The molecule has 0 amide bonds. The highest BCUT2D eigenvalue weighted by atomic mass is 16.6. The standard InChI is InChI=1S/C20H30O3/c1-12(8-13(2)15-4-6-17-19(9-15)22-17)11-21-14(3)16-5-7-18-20(10-16)23-18/h12,15-20H,2-11H2,1H3. The van der Waals surface area contributed by atoms with E-state index in [1.54, 1.807) is 0 Å². The van der Waals surface area contributed by atoms with Crippen molar-refractivity contribution >= 4 is 0 Å². The maximum absolute atomic E-state index is 6.01. The van der Waals surface area contributed by atoms with Crippen LogP contribution in [0.2, 0.25) is 0 Å². The molecular weight excluding hydrogens is 288 g/mol. The predicted octanol–water partition coefficient (Wildman–Crippen LogP) is 4.23. The predicted molar refractivity (Wildman–Crippen MR) is 90.0 cm³/mol. The van der Waals surface area contributed by atoms with E-state index in [2.05, 4.69) is 20.1 Å². The zero-order valence-electron chi connectivity index (χ0n) is 14.3. The number of rotatable bonds is 7. The molecule has 2 heterocycles. The van der Waals surface area contributed by atoms with Crippen molar-refractivity contribution in [2.75, 3.05) is 6.61 Å². The van der Waals surface area contributed by atoms with Crippen molar-refractivity contribution in [3.8, 4) is 0 Å². The average Bonchev–Trinajstić information content (AvgIpc) is 3.44. The van der Waals surface area contributed by atoms with E-state index in [4.69, 9.17) is 14.2 Å². The first-order valence-corrected chi connectivity index (χ1v) is 9.40. The van der Waals surface area contributed by atoms with Crippen LogP contribution in [0.15, 0.2) is 24.5 Å². The molecule has 0 spiro atoms. The van der Waals surface area contributed by atoms with E-state index in [-0.39, 0.29) is 0 Å². The van der Waals surface area contributed by atoms with Crippen LogP contribution in [0.1, 0.15) is 51.9 Å². The maximum atomic E-state index is 6.01. The monoisotopic (exact) mass is 318 g/mol. The zero-order chi connectivity index (χ0) is 16.0. The molecule has 4 aliphatic rings. The van der Waals surface area contributed by atoms with Crippen molar-refractivity contribution in [3.63, 3.8) is 0 Å². The third-order valence-corrected chi connectivity index (χ3v) is 6.20. The van der Waals surface area contributed by atoms with Gasteiger partial charge in [-0.05, 0) is 56.8 Å². The van der Waals surface area contributed by atoms with Crippen LogP contribution in [0.4, 0.5) is 0 Å². The van der Waals surface area contributed by atoms with E-state index in [9.17, 15) is 0 Å². The summed E-state index contributed by atoms with van der Waals surface area (Å²) in [5, 5.41) is 0.